The Hall–Kier alpha value is -2.67. The molecule has 1 amide bonds. The third-order valence-corrected chi connectivity index (χ3v) is 5.08. The van der Waals surface area contributed by atoms with Crippen LogP contribution in [-0.4, -0.2) is 20.6 Å². The summed E-state index contributed by atoms with van der Waals surface area (Å²) in [4.78, 5) is 13.8. The molecule has 0 saturated heterocycles. The summed E-state index contributed by atoms with van der Waals surface area (Å²) < 4.78 is 37.7. The van der Waals surface area contributed by atoms with Crippen molar-refractivity contribution in [3.63, 3.8) is 0 Å². The minimum absolute atomic E-state index is 0.136. The topological polar surface area (TPSA) is 80.5 Å². The number of halogens is 1. The van der Waals surface area contributed by atoms with E-state index in [4.69, 9.17) is 5.73 Å². The summed E-state index contributed by atoms with van der Waals surface area (Å²) in [5.74, 6) is -1.07. The number of rotatable bonds is 3. The quantitative estimate of drug-likeness (QED) is 0.923. The molecule has 0 radical (unpaired) electrons. The molecule has 0 bridgehead atoms. The normalized spacial score (nSPS) is 18.3. The molecule has 124 valence electrons. The molecule has 2 N–H and O–H groups in total. The molecule has 0 aromatic heterocycles. The average molecular weight is 346 g/mol. The molecule has 0 saturated carbocycles. The van der Waals surface area contributed by atoms with E-state index in [0.717, 1.165) is 6.26 Å². The van der Waals surface area contributed by atoms with Gasteiger partial charge >= 0.3 is 0 Å². The lowest BCUT2D eigenvalue weighted by molar-refractivity contribution is -0.114. The van der Waals surface area contributed by atoms with E-state index in [1.54, 1.807) is 30.3 Å². The molecule has 7 heteroatoms. The third kappa shape index (κ3) is 2.67. The number of carbonyl (C=O) groups excluding carboxylic acids is 1. The second-order valence-corrected chi connectivity index (χ2v) is 7.50. The summed E-state index contributed by atoms with van der Waals surface area (Å²) in [6, 6.07) is 13.1. The predicted molar refractivity (Wildman–Crippen MR) is 89.1 cm³/mol. The van der Waals surface area contributed by atoms with E-state index in [2.05, 4.69) is 0 Å². The number of amides is 1. The van der Waals surface area contributed by atoms with Crippen LogP contribution in [-0.2, 0) is 14.6 Å². The van der Waals surface area contributed by atoms with Crippen LogP contribution in [0.3, 0.4) is 0 Å². The van der Waals surface area contributed by atoms with Crippen molar-refractivity contribution in [1.82, 2.24) is 0 Å². The predicted octanol–water partition coefficient (Wildman–Crippen LogP) is 2.13. The molecule has 2 aromatic carbocycles. The Morgan fingerprint density at radius 3 is 2.17 bits per heavy atom. The van der Waals surface area contributed by atoms with Gasteiger partial charge in [-0.1, -0.05) is 30.3 Å². The lowest BCUT2D eigenvalue weighted by Gasteiger charge is -2.27. The number of carbonyl (C=O) groups is 1. The van der Waals surface area contributed by atoms with Gasteiger partial charge in [-0.2, -0.15) is 0 Å². The van der Waals surface area contributed by atoms with Crippen molar-refractivity contribution < 1.29 is 17.6 Å². The van der Waals surface area contributed by atoms with Crippen molar-refractivity contribution in [1.29, 1.82) is 0 Å². The highest BCUT2D eigenvalue weighted by Gasteiger charge is 2.44. The van der Waals surface area contributed by atoms with Crippen molar-refractivity contribution in [3.8, 4) is 0 Å². The van der Waals surface area contributed by atoms with Gasteiger partial charge < -0.3 is 5.73 Å². The third-order valence-electron chi connectivity index (χ3n) is 3.84. The van der Waals surface area contributed by atoms with Gasteiger partial charge in [0.05, 0.1) is 0 Å². The van der Waals surface area contributed by atoms with Gasteiger partial charge in [-0.05, 0) is 29.8 Å². The van der Waals surface area contributed by atoms with Crippen LogP contribution >= 0.6 is 0 Å². The van der Waals surface area contributed by atoms with Crippen LogP contribution in [0.5, 0.6) is 0 Å². The Morgan fingerprint density at radius 1 is 1.04 bits per heavy atom. The minimum atomic E-state index is -3.71. The molecule has 24 heavy (non-hydrogen) atoms. The summed E-state index contributed by atoms with van der Waals surface area (Å²) in [6.45, 7) is 0. The van der Waals surface area contributed by atoms with Gasteiger partial charge in [0, 0.05) is 11.9 Å². The van der Waals surface area contributed by atoms with Gasteiger partial charge in [0.15, 0.2) is 9.84 Å². The number of nitrogens with zero attached hydrogens (tertiary/aromatic N) is 1. The molecule has 1 aliphatic rings. The van der Waals surface area contributed by atoms with Crippen molar-refractivity contribution in [2.24, 2.45) is 5.73 Å². The molecule has 0 aliphatic carbocycles. The van der Waals surface area contributed by atoms with E-state index < -0.39 is 27.6 Å². The fraction of sp³-hybridized carbons (Fsp3) is 0.118. The van der Waals surface area contributed by atoms with E-state index in [1.165, 1.54) is 29.2 Å². The maximum atomic E-state index is 13.2. The van der Waals surface area contributed by atoms with Crippen LogP contribution in [0, 0.1) is 5.82 Å². The molecule has 2 aromatic rings. The van der Waals surface area contributed by atoms with Crippen molar-refractivity contribution >= 4 is 21.4 Å². The zero-order valence-electron chi connectivity index (χ0n) is 12.8. The lowest BCUT2D eigenvalue weighted by atomic mass is 10.1. The van der Waals surface area contributed by atoms with E-state index in [9.17, 15) is 17.6 Å². The van der Waals surface area contributed by atoms with Crippen molar-refractivity contribution in [2.75, 3.05) is 11.2 Å². The average Bonchev–Trinajstić information content (AvgIpc) is 2.81. The molecule has 5 nitrogen and oxygen atoms in total. The van der Waals surface area contributed by atoms with Crippen molar-refractivity contribution in [2.45, 2.75) is 6.04 Å². The Kier molecular flexibility index (Phi) is 3.88. The van der Waals surface area contributed by atoms with Crippen molar-refractivity contribution in [3.05, 3.63) is 76.6 Å². The number of anilines is 1. The fourth-order valence-corrected chi connectivity index (χ4v) is 3.96. The highest BCUT2D eigenvalue weighted by molar-refractivity contribution is 7.94. The van der Waals surface area contributed by atoms with Gasteiger partial charge in [-0.25, -0.2) is 12.8 Å². The summed E-state index contributed by atoms with van der Waals surface area (Å²) in [5, 5.41) is 0. The molecule has 1 heterocycles. The zero-order valence-corrected chi connectivity index (χ0v) is 13.6. The van der Waals surface area contributed by atoms with Gasteiger partial charge in [0.25, 0.3) is 5.91 Å². The molecule has 1 atom stereocenters. The van der Waals surface area contributed by atoms with Gasteiger partial charge in [-0.15, -0.1) is 0 Å². The number of sulfone groups is 1. The first-order valence-electron chi connectivity index (χ1n) is 7.14. The largest absolute Gasteiger partial charge is 0.393 e. The molecular weight excluding hydrogens is 331 g/mol. The highest BCUT2D eigenvalue weighted by atomic mass is 32.2. The van der Waals surface area contributed by atoms with Crippen LogP contribution in [0.4, 0.5) is 10.1 Å². The zero-order chi connectivity index (χ0) is 17.5. The molecule has 3 rings (SSSR count). The standard InChI is InChI=1S/C17H15FN2O3S/c1-24(22,23)16-14(19)17(21)20(13-9-7-12(18)8-10-13)15(16)11-5-3-2-4-6-11/h2-10,15H,19H2,1H3/t15-/m1/s1. The number of benzene rings is 2. The Bertz CT molecular complexity index is 922. The first kappa shape index (κ1) is 16.2. The number of hydrogen-bond donors (Lipinski definition) is 1. The number of nitrogens with two attached hydrogens (primary N) is 1. The summed E-state index contributed by atoms with van der Waals surface area (Å²) in [7, 11) is -3.71. The number of hydrogen-bond acceptors (Lipinski definition) is 4. The lowest BCUT2D eigenvalue weighted by Crippen LogP contribution is -2.31. The van der Waals surface area contributed by atoms with Crippen LogP contribution in [0.15, 0.2) is 65.2 Å². The molecule has 0 spiro atoms. The van der Waals surface area contributed by atoms with Gasteiger partial charge in [0.1, 0.15) is 22.5 Å². The highest BCUT2D eigenvalue weighted by Crippen LogP contribution is 2.41. The monoisotopic (exact) mass is 346 g/mol. The summed E-state index contributed by atoms with van der Waals surface area (Å²) in [5.41, 5.74) is 6.50. The molecule has 0 unspecified atom stereocenters. The second-order valence-electron chi connectivity index (χ2n) is 5.51. The van der Waals surface area contributed by atoms with E-state index >= 15 is 0 Å². The van der Waals surface area contributed by atoms with Crippen LogP contribution in [0.1, 0.15) is 11.6 Å². The molecular formula is C17H15FN2O3S. The maximum absolute atomic E-state index is 13.2. The fourth-order valence-electron chi connectivity index (χ4n) is 2.82. The SMILES string of the molecule is CS(=O)(=O)C1=C(N)C(=O)N(c2ccc(F)cc2)[C@@H]1c1ccccc1. The van der Waals surface area contributed by atoms with Crippen LogP contribution < -0.4 is 10.6 Å². The van der Waals surface area contributed by atoms with E-state index in [-0.39, 0.29) is 10.6 Å². The first-order valence-corrected chi connectivity index (χ1v) is 9.03. The van der Waals surface area contributed by atoms with Gasteiger partial charge in [-0.3, -0.25) is 9.69 Å². The second kappa shape index (κ2) is 5.76. The van der Waals surface area contributed by atoms with Crippen LogP contribution in [0.25, 0.3) is 0 Å². The minimum Gasteiger partial charge on any atom is -0.393 e. The summed E-state index contributed by atoms with van der Waals surface area (Å²) in [6.07, 6.45) is 1.02. The Balaban J connectivity index is 2.22. The molecule has 1 aliphatic heterocycles. The molecule has 0 fully saturated rings. The smallest absolute Gasteiger partial charge is 0.276 e. The Morgan fingerprint density at radius 2 is 1.62 bits per heavy atom. The van der Waals surface area contributed by atoms with E-state index in [0.29, 0.717) is 11.3 Å². The summed E-state index contributed by atoms with van der Waals surface area (Å²) >= 11 is 0. The van der Waals surface area contributed by atoms with Gasteiger partial charge in [0.2, 0.25) is 0 Å². The maximum Gasteiger partial charge on any atom is 0.276 e. The van der Waals surface area contributed by atoms with E-state index in [1.807, 2.05) is 0 Å². The Labute approximate surface area is 139 Å². The first-order chi connectivity index (χ1) is 11.3. The van der Waals surface area contributed by atoms with Crippen LogP contribution in [0.2, 0.25) is 0 Å².